The first-order valence-electron chi connectivity index (χ1n) is 9.46. The molecule has 1 aliphatic rings. The molecule has 2 aromatic rings. The Labute approximate surface area is 166 Å². The van der Waals surface area contributed by atoms with Crippen LogP contribution in [0.2, 0.25) is 0 Å². The van der Waals surface area contributed by atoms with Crippen LogP contribution in [0.1, 0.15) is 31.4 Å². The minimum atomic E-state index is -1.06. The standard InChI is InChI=1S/C23H26N2O3/c1-17(2)16-28-20-13-11-19(12-14-20)23(3)21(26)25(22(27)24-23)15-7-10-18-8-5-4-6-9-18/h4-6,8-9,11-14H,1,7,10,15-16H2,2-3H3,(H,24,27). The monoisotopic (exact) mass is 378 g/mol. The van der Waals surface area contributed by atoms with E-state index in [2.05, 4.69) is 11.9 Å². The number of rotatable bonds is 8. The summed E-state index contributed by atoms with van der Waals surface area (Å²) in [6.45, 7) is 8.29. The second-order valence-corrected chi connectivity index (χ2v) is 7.37. The average Bonchev–Trinajstić information content (AvgIpc) is 2.91. The molecule has 3 amide bonds. The summed E-state index contributed by atoms with van der Waals surface area (Å²) in [6, 6.07) is 17.0. The summed E-state index contributed by atoms with van der Waals surface area (Å²) in [6.07, 6.45) is 1.55. The van der Waals surface area contributed by atoms with Gasteiger partial charge in [-0.15, -0.1) is 0 Å². The Morgan fingerprint density at radius 3 is 2.43 bits per heavy atom. The van der Waals surface area contributed by atoms with Crippen LogP contribution in [0.4, 0.5) is 4.79 Å². The highest BCUT2D eigenvalue weighted by Gasteiger charge is 2.48. The van der Waals surface area contributed by atoms with Gasteiger partial charge in [0.1, 0.15) is 17.9 Å². The molecule has 0 spiro atoms. The van der Waals surface area contributed by atoms with Crippen LogP contribution < -0.4 is 10.1 Å². The number of hydrogen-bond acceptors (Lipinski definition) is 3. The van der Waals surface area contributed by atoms with E-state index < -0.39 is 5.54 Å². The highest BCUT2D eigenvalue weighted by molar-refractivity contribution is 6.07. The number of nitrogens with one attached hydrogen (secondary N) is 1. The molecule has 0 bridgehead atoms. The van der Waals surface area contributed by atoms with Gasteiger partial charge in [0.05, 0.1) is 0 Å². The largest absolute Gasteiger partial charge is 0.489 e. The Morgan fingerprint density at radius 1 is 1.11 bits per heavy atom. The maximum absolute atomic E-state index is 13.0. The molecule has 3 rings (SSSR count). The predicted octanol–water partition coefficient (Wildman–Crippen LogP) is 4.04. The lowest BCUT2D eigenvalue weighted by Crippen LogP contribution is -2.41. The van der Waals surface area contributed by atoms with E-state index in [1.807, 2.05) is 49.4 Å². The number of carbonyl (C=O) groups is 2. The van der Waals surface area contributed by atoms with E-state index in [4.69, 9.17) is 4.74 Å². The molecule has 1 saturated heterocycles. The maximum Gasteiger partial charge on any atom is 0.325 e. The third-order valence-electron chi connectivity index (χ3n) is 4.88. The fraction of sp³-hybridized carbons (Fsp3) is 0.304. The van der Waals surface area contributed by atoms with Crippen LogP contribution >= 0.6 is 0 Å². The van der Waals surface area contributed by atoms with Gasteiger partial charge in [-0.2, -0.15) is 0 Å². The first-order chi connectivity index (χ1) is 13.4. The van der Waals surface area contributed by atoms with E-state index in [0.717, 1.165) is 24.0 Å². The molecule has 2 aromatic carbocycles. The molecule has 1 fully saturated rings. The van der Waals surface area contributed by atoms with Crippen molar-refractivity contribution in [3.05, 3.63) is 77.9 Å². The number of benzene rings is 2. The third-order valence-corrected chi connectivity index (χ3v) is 4.88. The molecule has 146 valence electrons. The minimum absolute atomic E-state index is 0.221. The van der Waals surface area contributed by atoms with Gasteiger partial charge in [-0.3, -0.25) is 9.69 Å². The topological polar surface area (TPSA) is 58.6 Å². The van der Waals surface area contributed by atoms with Gasteiger partial charge in [0.25, 0.3) is 5.91 Å². The molecule has 0 radical (unpaired) electrons. The molecule has 0 aliphatic carbocycles. The Balaban J connectivity index is 1.64. The number of nitrogens with zero attached hydrogens (tertiary/aromatic N) is 1. The van der Waals surface area contributed by atoms with Gasteiger partial charge < -0.3 is 10.1 Å². The van der Waals surface area contributed by atoms with Crippen LogP contribution in [-0.2, 0) is 16.8 Å². The molecular weight excluding hydrogens is 352 g/mol. The molecule has 1 heterocycles. The summed E-state index contributed by atoms with van der Waals surface area (Å²) in [5.74, 6) is 0.480. The van der Waals surface area contributed by atoms with E-state index in [0.29, 0.717) is 18.9 Å². The van der Waals surface area contributed by atoms with Crippen LogP contribution in [0.25, 0.3) is 0 Å². The second-order valence-electron chi connectivity index (χ2n) is 7.37. The Bertz CT molecular complexity index is 861. The van der Waals surface area contributed by atoms with Gasteiger partial charge in [-0.25, -0.2) is 4.79 Å². The van der Waals surface area contributed by atoms with Crippen LogP contribution in [0.15, 0.2) is 66.7 Å². The van der Waals surface area contributed by atoms with E-state index >= 15 is 0 Å². The third kappa shape index (κ3) is 4.25. The van der Waals surface area contributed by atoms with Crippen molar-refractivity contribution in [2.45, 2.75) is 32.2 Å². The number of imide groups is 1. The smallest absolute Gasteiger partial charge is 0.325 e. The highest BCUT2D eigenvalue weighted by atomic mass is 16.5. The van der Waals surface area contributed by atoms with E-state index in [9.17, 15) is 9.59 Å². The number of ether oxygens (including phenoxy) is 1. The summed E-state index contributed by atoms with van der Waals surface area (Å²) < 4.78 is 5.60. The molecule has 1 N–H and O–H groups in total. The summed E-state index contributed by atoms with van der Waals surface area (Å²) in [4.78, 5) is 26.7. The van der Waals surface area contributed by atoms with Gasteiger partial charge in [0.2, 0.25) is 0 Å². The van der Waals surface area contributed by atoms with Crippen molar-refractivity contribution in [1.82, 2.24) is 10.2 Å². The molecule has 0 saturated carbocycles. The first-order valence-corrected chi connectivity index (χ1v) is 9.46. The zero-order chi connectivity index (χ0) is 20.1. The van der Waals surface area contributed by atoms with E-state index in [1.54, 1.807) is 19.1 Å². The van der Waals surface area contributed by atoms with Gasteiger partial charge in [-0.05, 0) is 55.5 Å². The van der Waals surface area contributed by atoms with Crippen LogP contribution in [0, 0.1) is 0 Å². The van der Waals surface area contributed by atoms with Gasteiger partial charge in [0, 0.05) is 6.54 Å². The van der Waals surface area contributed by atoms with Crippen LogP contribution in [0.3, 0.4) is 0 Å². The van der Waals surface area contributed by atoms with E-state index in [-0.39, 0.29) is 11.9 Å². The van der Waals surface area contributed by atoms with Crippen LogP contribution in [0.5, 0.6) is 5.75 Å². The van der Waals surface area contributed by atoms with Gasteiger partial charge in [0.15, 0.2) is 0 Å². The highest BCUT2D eigenvalue weighted by Crippen LogP contribution is 2.30. The van der Waals surface area contributed by atoms with Crippen molar-refractivity contribution in [3.63, 3.8) is 0 Å². The summed E-state index contributed by atoms with van der Waals surface area (Å²) >= 11 is 0. The number of aryl methyl sites for hydroxylation is 1. The lowest BCUT2D eigenvalue weighted by atomic mass is 9.92. The summed E-state index contributed by atoms with van der Waals surface area (Å²) in [7, 11) is 0. The molecule has 1 unspecified atom stereocenters. The molecular formula is C23H26N2O3. The zero-order valence-corrected chi connectivity index (χ0v) is 16.4. The second kappa shape index (κ2) is 8.30. The van der Waals surface area contributed by atoms with Crippen molar-refractivity contribution < 1.29 is 14.3 Å². The lowest BCUT2D eigenvalue weighted by Gasteiger charge is -2.22. The van der Waals surface area contributed by atoms with E-state index in [1.165, 1.54) is 10.5 Å². The molecule has 0 aromatic heterocycles. The maximum atomic E-state index is 13.0. The summed E-state index contributed by atoms with van der Waals surface area (Å²) in [5, 5.41) is 2.85. The number of hydrogen-bond donors (Lipinski definition) is 1. The first kappa shape index (κ1) is 19.7. The number of urea groups is 1. The van der Waals surface area contributed by atoms with Crippen molar-refractivity contribution >= 4 is 11.9 Å². The SMILES string of the molecule is C=C(C)COc1ccc(C2(C)NC(=O)N(CCCc3ccccc3)C2=O)cc1. The number of amides is 3. The molecule has 1 atom stereocenters. The molecule has 1 aliphatic heterocycles. The van der Waals surface area contributed by atoms with Gasteiger partial charge >= 0.3 is 6.03 Å². The zero-order valence-electron chi connectivity index (χ0n) is 16.4. The van der Waals surface area contributed by atoms with Crippen LogP contribution in [-0.4, -0.2) is 30.0 Å². The Morgan fingerprint density at radius 2 is 1.79 bits per heavy atom. The van der Waals surface area contributed by atoms with Crippen molar-refractivity contribution in [3.8, 4) is 5.75 Å². The Kier molecular flexibility index (Phi) is 5.83. The molecule has 28 heavy (non-hydrogen) atoms. The lowest BCUT2D eigenvalue weighted by molar-refractivity contribution is -0.131. The predicted molar refractivity (Wildman–Crippen MR) is 109 cm³/mol. The fourth-order valence-corrected chi connectivity index (χ4v) is 3.27. The average molecular weight is 378 g/mol. The quantitative estimate of drug-likeness (QED) is 0.557. The number of carbonyl (C=O) groups excluding carboxylic acids is 2. The Hall–Kier alpha value is -3.08. The molecule has 5 nitrogen and oxygen atoms in total. The normalized spacial score (nSPS) is 18.9. The summed E-state index contributed by atoms with van der Waals surface area (Å²) in [5.41, 5.74) is 1.80. The minimum Gasteiger partial charge on any atom is -0.489 e. The fourth-order valence-electron chi connectivity index (χ4n) is 3.27. The molecule has 5 heteroatoms. The van der Waals surface area contributed by atoms with Crippen molar-refractivity contribution in [2.75, 3.05) is 13.2 Å². The van der Waals surface area contributed by atoms with Gasteiger partial charge in [-0.1, -0.05) is 49.0 Å². The van der Waals surface area contributed by atoms with Crippen molar-refractivity contribution in [1.29, 1.82) is 0 Å². The van der Waals surface area contributed by atoms with Crippen molar-refractivity contribution in [2.24, 2.45) is 0 Å².